The molecule has 3 aromatic rings. The van der Waals surface area contributed by atoms with Crippen molar-refractivity contribution < 1.29 is 0 Å². The minimum absolute atomic E-state index is 0.635. The number of aromatic nitrogens is 3. The number of rotatable bonds is 3. The zero-order valence-electron chi connectivity index (χ0n) is 12.0. The highest BCUT2D eigenvalue weighted by atomic mass is 15.0. The lowest BCUT2D eigenvalue weighted by atomic mass is 10.1. The van der Waals surface area contributed by atoms with Crippen LogP contribution in [0.2, 0.25) is 0 Å². The number of hydrogen-bond donors (Lipinski definition) is 1. The van der Waals surface area contributed by atoms with Crippen molar-refractivity contribution in [3.05, 3.63) is 47.9 Å². The first kappa shape index (κ1) is 13.1. The molecule has 0 atom stereocenters. The van der Waals surface area contributed by atoms with Crippen molar-refractivity contribution in [2.75, 3.05) is 5.32 Å². The molecule has 104 valence electrons. The summed E-state index contributed by atoms with van der Waals surface area (Å²) >= 11 is 0. The maximum atomic E-state index is 9.04. The normalized spacial score (nSPS) is 10.5. The Balaban J connectivity index is 2.01. The Morgan fingerprint density at radius 1 is 1.29 bits per heavy atom. The molecule has 3 rings (SSSR count). The highest BCUT2D eigenvalue weighted by Gasteiger charge is 2.06. The van der Waals surface area contributed by atoms with Crippen LogP contribution in [-0.2, 0) is 13.5 Å². The van der Waals surface area contributed by atoms with Gasteiger partial charge in [0.1, 0.15) is 11.3 Å². The van der Waals surface area contributed by atoms with Crippen LogP contribution in [0.15, 0.2) is 36.8 Å². The molecule has 0 aliphatic carbocycles. The fourth-order valence-electron chi connectivity index (χ4n) is 2.31. The van der Waals surface area contributed by atoms with Crippen molar-refractivity contribution in [3.8, 4) is 6.07 Å². The van der Waals surface area contributed by atoms with Gasteiger partial charge in [0.2, 0.25) is 0 Å². The maximum Gasteiger partial charge on any atom is 0.132 e. The average Bonchev–Trinajstić information content (AvgIpc) is 2.88. The van der Waals surface area contributed by atoms with E-state index in [2.05, 4.69) is 28.3 Å². The third kappa shape index (κ3) is 2.43. The molecule has 2 aromatic heterocycles. The van der Waals surface area contributed by atoms with E-state index >= 15 is 0 Å². The second kappa shape index (κ2) is 5.25. The van der Waals surface area contributed by atoms with Crippen molar-refractivity contribution in [1.29, 1.82) is 5.26 Å². The van der Waals surface area contributed by atoms with E-state index in [1.165, 1.54) is 0 Å². The Morgan fingerprint density at radius 3 is 2.90 bits per heavy atom. The predicted octanol–water partition coefficient (Wildman–Crippen LogP) is 3.15. The van der Waals surface area contributed by atoms with Gasteiger partial charge >= 0.3 is 0 Å². The molecule has 5 nitrogen and oxygen atoms in total. The van der Waals surface area contributed by atoms with E-state index < -0.39 is 0 Å². The van der Waals surface area contributed by atoms with Gasteiger partial charge in [-0.3, -0.25) is 0 Å². The summed E-state index contributed by atoms with van der Waals surface area (Å²) in [5, 5.41) is 12.3. The van der Waals surface area contributed by atoms with Crippen molar-refractivity contribution in [1.82, 2.24) is 14.5 Å². The standard InChI is InChI=1S/C16H15N5/c1-3-12-5-4-11(8-17)6-13(12)20-16-7-15-14(9-18-16)19-10-21(15)2/h4-7,9-10H,3H2,1-2H3,(H,18,20). The number of fused-ring (bicyclic) bond motifs is 1. The molecule has 0 radical (unpaired) electrons. The van der Waals surface area contributed by atoms with Crippen molar-refractivity contribution in [3.63, 3.8) is 0 Å². The van der Waals surface area contributed by atoms with Crippen LogP contribution in [0, 0.1) is 11.3 Å². The van der Waals surface area contributed by atoms with Crippen molar-refractivity contribution in [2.45, 2.75) is 13.3 Å². The SMILES string of the molecule is CCc1ccc(C#N)cc1Nc1cc2c(cn1)ncn2C. The molecular formula is C16H15N5. The summed E-state index contributed by atoms with van der Waals surface area (Å²) in [5.41, 5.74) is 4.59. The van der Waals surface area contributed by atoms with Gasteiger partial charge in [-0.2, -0.15) is 5.26 Å². The quantitative estimate of drug-likeness (QED) is 0.798. The lowest BCUT2D eigenvalue weighted by Gasteiger charge is -2.11. The summed E-state index contributed by atoms with van der Waals surface area (Å²) in [6.07, 6.45) is 4.41. The van der Waals surface area contributed by atoms with E-state index in [0.717, 1.165) is 34.5 Å². The van der Waals surface area contributed by atoms with E-state index in [1.807, 2.05) is 35.9 Å². The van der Waals surface area contributed by atoms with E-state index in [1.54, 1.807) is 12.5 Å². The monoisotopic (exact) mass is 277 g/mol. The Bertz CT molecular complexity index is 841. The van der Waals surface area contributed by atoms with Gasteiger partial charge in [0.15, 0.2) is 0 Å². The molecule has 21 heavy (non-hydrogen) atoms. The fourth-order valence-corrected chi connectivity index (χ4v) is 2.31. The van der Waals surface area contributed by atoms with E-state index in [4.69, 9.17) is 5.26 Å². The van der Waals surface area contributed by atoms with E-state index in [-0.39, 0.29) is 0 Å². The summed E-state index contributed by atoms with van der Waals surface area (Å²) in [6, 6.07) is 9.79. The maximum absolute atomic E-state index is 9.04. The topological polar surface area (TPSA) is 66.5 Å². The number of pyridine rings is 1. The first-order chi connectivity index (χ1) is 10.2. The van der Waals surface area contributed by atoms with E-state index in [0.29, 0.717) is 5.56 Å². The third-order valence-corrected chi connectivity index (χ3v) is 3.49. The average molecular weight is 277 g/mol. The van der Waals surface area contributed by atoms with Crippen LogP contribution < -0.4 is 5.32 Å². The molecule has 0 aliphatic heterocycles. The zero-order chi connectivity index (χ0) is 14.8. The smallest absolute Gasteiger partial charge is 0.132 e. The Kier molecular flexibility index (Phi) is 3.28. The number of nitriles is 1. The van der Waals surface area contributed by atoms with Gasteiger partial charge in [-0.1, -0.05) is 13.0 Å². The zero-order valence-corrected chi connectivity index (χ0v) is 12.0. The summed E-state index contributed by atoms with van der Waals surface area (Å²) in [4.78, 5) is 8.63. The molecule has 2 heterocycles. The van der Waals surface area contributed by atoms with E-state index in [9.17, 15) is 0 Å². The first-order valence-corrected chi connectivity index (χ1v) is 6.78. The lowest BCUT2D eigenvalue weighted by Crippen LogP contribution is -1.98. The summed E-state index contributed by atoms with van der Waals surface area (Å²) < 4.78 is 1.95. The van der Waals surface area contributed by atoms with Gasteiger partial charge < -0.3 is 9.88 Å². The van der Waals surface area contributed by atoms with Crippen molar-refractivity contribution in [2.24, 2.45) is 7.05 Å². The van der Waals surface area contributed by atoms with Crippen LogP contribution in [0.25, 0.3) is 11.0 Å². The van der Waals surface area contributed by atoms with Crippen LogP contribution in [0.1, 0.15) is 18.1 Å². The molecule has 0 saturated heterocycles. The number of aryl methyl sites for hydroxylation is 2. The van der Waals surface area contributed by atoms with Crippen LogP contribution >= 0.6 is 0 Å². The number of benzene rings is 1. The van der Waals surface area contributed by atoms with Crippen LogP contribution in [0.3, 0.4) is 0 Å². The van der Waals surface area contributed by atoms with Gasteiger partial charge in [-0.15, -0.1) is 0 Å². The number of hydrogen-bond acceptors (Lipinski definition) is 4. The lowest BCUT2D eigenvalue weighted by molar-refractivity contribution is 0.947. The Hall–Kier alpha value is -2.87. The van der Waals surface area contributed by atoms with Gasteiger partial charge in [0.25, 0.3) is 0 Å². The van der Waals surface area contributed by atoms with Gasteiger partial charge in [0, 0.05) is 18.8 Å². The van der Waals surface area contributed by atoms with Crippen molar-refractivity contribution >= 4 is 22.5 Å². The molecule has 0 spiro atoms. The highest BCUT2D eigenvalue weighted by molar-refractivity contribution is 5.78. The van der Waals surface area contributed by atoms with Gasteiger partial charge in [-0.25, -0.2) is 9.97 Å². The molecule has 0 unspecified atom stereocenters. The molecule has 0 bridgehead atoms. The minimum atomic E-state index is 0.635. The molecule has 1 aromatic carbocycles. The molecule has 0 fully saturated rings. The third-order valence-electron chi connectivity index (χ3n) is 3.49. The van der Waals surface area contributed by atoms with Crippen LogP contribution in [-0.4, -0.2) is 14.5 Å². The van der Waals surface area contributed by atoms with Gasteiger partial charge in [-0.05, 0) is 24.1 Å². The molecule has 0 aliphatic rings. The predicted molar refractivity (Wildman–Crippen MR) is 82.3 cm³/mol. The number of imidazole rings is 1. The second-order valence-electron chi connectivity index (χ2n) is 4.88. The highest BCUT2D eigenvalue weighted by Crippen LogP contribution is 2.23. The molecule has 0 saturated carbocycles. The number of nitrogens with one attached hydrogen (secondary N) is 1. The van der Waals surface area contributed by atoms with Gasteiger partial charge in [0.05, 0.1) is 29.7 Å². The largest absolute Gasteiger partial charge is 0.340 e. The first-order valence-electron chi connectivity index (χ1n) is 6.78. The summed E-state index contributed by atoms with van der Waals surface area (Å²) in [6.45, 7) is 2.09. The van der Waals surface area contributed by atoms with Crippen LogP contribution in [0.5, 0.6) is 0 Å². The second-order valence-corrected chi connectivity index (χ2v) is 4.88. The fraction of sp³-hybridized carbons (Fsp3) is 0.188. The number of nitrogens with zero attached hydrogens (tertiary/aromatic N) is 4. The molecular weight excluding hydrogens is 262 g/mol. The molecule has 0 amide bonds. The van der Waals surface area contributed by atoms with Crippen LogP contribution in [0.4, 0.5) is 11.5 Å². The molecule has 1 N–H and O–H groups in total. The Morgan fingerprint density at radius 2 is 2.14 bits per heavy atom. The Labute approximate surface area is 122 Å². The number of anilines is 2. The minimum Gasteiger partial charge on any atom is -0.340 e. The molecule has 5 heteroatoms. The summed E-state index contributed by atoms with van der Waals surface area (Å²) in [5.74, 6) is 0.746. The summed E-state index contributed by atoms with van der Waals surface area (Å²) in [7, 11) is 1.95.